The van der Waals surface area contributed by atoms with Crippen molar-refractivity contribution >= 4 is 11.6 Å². The van der Waals surface area contributed by atoms with Crippen LogP contribution in [-0.2, 0) is 0 Å². The van der Waals surface area contributed by atoms with E-state index in [0.29, 0.717) is 11.3 Å². The van der Waals surface area contributed by atoms with Crippen LogP contribution in [0.1, 0.15) is 41.9 Å². The number of hydrogen-bond acceptors (Lipinski definition) is 1. The zero-order valence-electron chi connectivity index (χ0n) is 10.2. The molecule has 2 heteroatoms. The third-order valence-electron chi connectivity index (χ3n) is 3.72. The maximum atomic E-state index is 6.18. The van der Waals surface area contributed by atoms with Crippen molar-refractivity contribution in [2.45, 2.75) is 44.4 Å². The highest BCUT2D eigenvalue weighted by Crippen LogP contribution is 2.42. The molecule has 1 saturated carbocycles. The SMILES string of the molecule is COc1c(C2CCC(Cl)C2)ccc(C)c1C. The lowest BCUT2D eigenvalue weighted by Gasteiger charge is -2.18. The molecule has 0 aromatic heterocycles. The van der Waals surface area contributed by atoms with Gasteiger partial charge in [-0.25, -0.2) is 0 Å². The van der Waals surface area contributed by atoms with Gasteiger partial charge < -0.3 is 4.74 Å². The maximum absolute atomic E-state index is 6.18. The molecule has 1 aliphatic rings. The van der Waals surface area contributed by atoms with Gasteiger partial charge in [0, 0.05) is 5.38 Å². The highest BCUT2D eigenvalue weighted by Gasteiger charge is 2.27. The Morgan fingerprint density at radius 1 is 1.25 bits per heavy atom. The molecule has 1 aliphatic carbocycles. The first kappa shape index (κ1) is 11.8. The maximum Gasteiger partial charge on any atom is 0.125 e. The van der Waals surface area contributed by atoms with Gasteiger partial charge in [-0.05, 0) is 55.7 Å². The van der Waals surface area contributed by atoms with Gasteiger partial charge in [-0.1, -0.05) is 12.1 Å². The molecule has 1 nitrogen and oxygen atoms in total. The van der Waals surface area contributed by atoms with Crippen LogP contribution in [0.15, 0.2) is 12.1 Å². The van der Waals surface area contributed by atoms with E-state index >= 15 is 0 Å². The van der Waals surface area contributed by atoms with E-state index in [9.17, 15) is 0 Å². The third-order valence-corrected chi connectivity index (χ3v) is 4.12. The zero-order valence-corrected chi connectivity index (χ0v) is 11.0. The number of halogens is 1. The highest BCUT2D eigenvalue weighted by molar-refractivity contribution is 6.20. The number of aryl methyl sites for hydroxylation is 1. The molecule has 2 unspecified atom stereocenters. The van der Waals surface area contributed by atoms with Crippen molar-refractivity contribution in [3.05, 3.63) is 28.8 Å². The smallest absolute Gasteiger partial charge is 0.125 e. The highest BCUT2D eigenvalue weighted by atomic mass is 35.5. The Labute approximate surface area is 103 Å². The summed E-state index contributed by atoms with van der Waals surface area (Å²) >= 11 is 6.18. The van der Waals surface area contributed by atoms with E-state index in [4.69, 9.17) is 16.3 Å². The number of ether oxygens (including phenoxy) is 1. The summed E-state index contributed by atoms with van der Waals surface area (Å²) in [6.45, 7) is 4.26. The van der Waals surface area contributed by atoms with Crippen LogP contribution in [0.25, 0.3) is 0 Å². The first-order chi connectivity index (χ1) is 7.63. The Hall–Kier alpha value is -0.690. The summed E-state index contributed by atoms with van der Waals surface area (Å²) in [5.74, 6) is 1.65. The van der Waals surface area contributed by atoms with Crippen LogP contribution in [0.2, 0.25) is 0 Å². The fraction of sp³-hybridized carbons (Fsp3) is 0.571. The molecular formula is C14H19ClO. The fourth-order valence-electron chi connectivity index (χ4n) is 2.61. The van der Waals surface area contributed by atoms with E-state index in [1.54, 1.807) is 7.11 Å². The third kappa shape index (κ3) is 2.06. The Morgan fingerprint density at radius 2 is 2.00 bits per heavy atom. The lowest BCUT2D eigenvalue weighted by molar-refractivity contribution is 0.402. The van der Waals surface area contributed by atoms with Crippen LogP contribution in [0.5, 0.6) is 5.75 Å². The van der Waals surface area contributed by atoms with E-state index in [1.807, 2.05) is 0 Å². The molecule has 1 aromatic carbocycles. The van der Waals surface area contributed by atoms with Crippen molar-refractivity contribution < 1.29 is 4.74 Å². The minimum atomic E-state index is 0.344. The molecule has 2 atom stereocenters. The van der Waals surface area contributed by atoms with Crippen molar-refractivity contribution in [2.75, 3.05) is 7.11 Å². The molecule has 88 valence electrons. The van der Waals surface area contributed by atoms with Crippen LogP contribution in [0, 0.1) is 13.8 Å². The minimum absolute atomic E-state index is 0.344. The van der Waals surface area contributed by atoms with Crippen molar-refractivity contribution in [1.29, 1.82) is 0 Å². The number of benzene rings is 1. The van der Waals surface area contributed by atoms with Gasteiger partial charge in [-0.15, -0.1) is 11.6 Å². The molecule has 0 amide bonds. The van der Waals surface area contributed by atoms with E-state index in [2.05, 4.69) is 26.0 Å². The number of methoxy groups -OCH3 is 1. The zero-order chi connectivity index (χ0) is 11.7. The van der Waals surface area contributed by atoms with Gasteiger partial charge in [0.15, 0.2) is 0 Å². The molecule has 16 heavy (non-hydrogen) atoms. The van der Waals surface area contributed by atoms with Crippen LogP contribution < -0.4 is 4.74 Å². The standard InChI is InChI=1S/C14H19ClO/c1-9-4-7-13(14(16-3)10(9)2)11-5-6-12(15)8-11/h4,7,11-12H,5-6,8H2,1-3H3. The van der Waals surface area contributed by atoms with E-state index < -0.39 is 0 Å². The Morgan fingerprint density at radius 3 is 2.56 bits per heavy atom. The van der Waals surface area contributed by atoms with Crippen LogP contribution in [0.4, 0.5) is 0 Å². The van der Waals surface area contributed by atoms with Gasteiger partial charge in [-0.2, -0.15) is 0 Å². The van der Waals surface area contributed by atoms with Gasteiger partial charge in [0.1, 0.15) is 5.75 Å². The van der Waals surface area contributed by atoms with Crippen LogP contribution in [-0.4, -0.2) is 12.5 Å². The molecule has 0 heterocycles. The Bertz CT molecular complexity index is 387. The van der Waals surface area contributed by atoms with Gasteiger partial charge in [0.05, 0.1) is 7.11 Å². The van der Waals surface area contributed by atoms with Gasteiger partial charge >= 0.3 is 0 Å². The van der Waals surface area contributed by atoms with Crippen molar-refractivity contribution in [1.82, 2.24) is 0 Å². The minimum Gasteiger partial charge on any atom is -0.496 e. The second-order valence-corrected chi connectivity index (χ2v) is 5.35. The number of alkyl halides is 1. The lowest BCUT2D eigenvalue weighted by atomic mass is 9.93. The van der Waals surface area contributed by atoms with Crippen molar-refractivity contribution in [3.63, 3.8) is 0 Å². The molecule has 0 radical (unpaired) electrons. The summed E-state index contributed by atoms with van der Waals surface area (Å²) < 4.78 is 5.56. The van der Waals surface area contributed by atoms with Crippen molar-refractivity contribution in [2.24, 2.45) is 0 Å². The van der Waals surface area contributed by atoms with Gasteiger partial charge in [0.25, 0.3) is 0 Å². The number of hydrogen-bond donors (Lipinski definition) is 0. The van der Waals surface area contributed by atoms with E-state index in [0.717, 1.165) is 18.6 Å². The van der Waals surface area contributed by atoms with Crippen LogP contribution in [0.3, 0.4) is 0 Å². The quantitative estimate of drug-likeness (QED) is 0.703. The molecule has 0 bridgehead atoms. The first-order valence-electron chi connectivity index (χ1n) is 5.91. The summed E-state index contributed by atoms with van der Waals surface area (Å²) in [5.41, 5.74) is 3.90. The van der Waals surface area contributed by atoms with Gasteiger partial charge in [-0.3, -0.25) is 0 Å². The molecule has 1 fully saturated rings. The Balaban J connectivity index is 2.37. The second-order valence-electron chi connectivity index (χ2n) is 4.74. The normalized spacial score (nSPS) is 24.8. The first-order valence-corrected chi connectivity index (χ1v) is 6.35. The van der Waals surface area contributed by atoms with E-state index in [1.165, 1.54) is 23.1 Å². The predicted octanol–water partition coefficient (Wildman–Crippen LogP) is 4.19. The lowest BCUT2D eigenvalue weighted by Crippen LogP contribution is -2.01. The monoisotopic (exact) mass is 238 g/mol. The van der Waals surface area contributed by atoms with Crippen LogP contribution >= 0.6 is 11.6 Å². The summed E-state index contributed by atoms with van der Waals surface area (Å²) in [4.78, 5) is 0. The number of rotatable bonds is 2. The summed E-state index contributed by atoms with van der Waals surface area (Å²) in [7, 11) is 1.76. The summed E-state index contributed by atoms with van der Waals surface area (Å²) in [6.07, 6.45) is 3.40. The second kappa shape index (κ2) is 4.67. The van der Waals surface area contributed by atoms with Gasteiger partial charge in [0.2, 0.25) is 0 Å². The summed E-state index contributed by atoms with van der Waals surface area (Å²) in [6, 6.07) is 4.40. The average Bonchev–Trinajstić information content (AvgIpc) is 2.68. The molecule has 2 rings (SSSR count). The Kier molecular flexibility index (Phi) is 3.44. The van der Waals surface area contributed by atoms with Crippen molar-refractivity contribution in [3.8, 4) is 5.75 Å². The molecule has 0 saturated heterocycles. The largest absolute Gasteiger partial charge is 0.496 e. The average molecular weight is 239 g/mol. The molecule has 0 spiro atoms. The summed E-state index contributed by atoms with van der Waals surface area (Å²) in [5, 5.41) is 0.344. The topological polar surface area (TPSA) is 9.23 Å². The predicted molar refractivity (Wildman–Crippen MR) is 68.7 cm³/mol. The molecule has 1 aromatic rings. The molecule has 0 aliphatic heterocycles. The van der Waals surface area contributed by atoms with E-state index in [-0.39, 0.29) is 0 Å². The molecular weight excluding hydrogens is 220 g/mol. The fourth-order valence-corrected chi connectivity index (χ4v) is 2.95. The molecule has 0 N–H and O–H groups in total.